The first kappa shape index (κ1) is 21.2. The zero-order valence-electron chi connectivity index (χ0n) is 15.2. The maximum Gasteiger partial charge on any atom is 0.333 e. The summed E-state index contributed by atoms with van der Waals surface area (Å²) in [7, 11) is -4.05. The normalized spacial score (nSPS) is 11.4. The molecule has 0 aliphatic rings. The zero-order chi connectivity index (χ0) is 22.2. The first-order valence-corrected chi connectivity index (χ1v) is 11.5. The van der Waals surface area contributed by atoms with E-state index < -0.39 is 16.1 Å². The number of urea groups is 1. The lowest BCUT2D eigenvalue weighted by atomic mass is 10.2. The molecule has 0 saturated carbocycles. The van der Waals surface area contributed by atoms with Crippen molar-refractivity contribution in [3.63, 3.8) is 0 Å². The van der Waals surface area contributed by atoms with Gasteiger partial charge in [-0.25, -0.2) is 27.9 Å². The van der Waals surface area contributed by atoms with Gasteiger partial charge in [-0.1, -0.05) is 23.2 Å². The zero-order valence-corrected chi connectivity index (χ0v) is 18.4. The first-order valence-electron chi connectivity index (χ1n) is 8.45. The molecule has 2 N–H and O–H groups in total. The third kappa shape index (κ3) is 4.54. The Morgan fingerprint density at radius 3 is 2.55 bits per heavy atom. The number of nitrogens with one attached hydrogen (secondary N) is 2. The smallest absolute Gasteiger partial charge is 0.306 e. The summed E-state index contributed by atoms with van der Waals surface area (Å²) in [6.45, 7) is 0. The van der Waals surface area contributed by atoms with Crippen molar-refractivity contribution < 1.29 is 13.2 Å². The highest BCUT2D eigenvalue weighted by atomic mass is 35.5. The van der Waals surface area contributed by atoms with Crippen molar-refractivity contribution in [1.82, 2.24) is 19.3 Å². The average Bonchev–Trinajstić information content (AvgIpc) is 3.16. The molecular formula is C18H11Cl2N5O4S2. The van der Waals surface area contributed by atoms with Crippen molar-refractivity contribution in [3.8, 4) is 5.82 Å². The van der Waals surface area contributed by atoms with Crippen LogP contribution in [0.4, 0.5) is 10.5 Å². The molecule has 0 fully saturated rings. The molecule has 3 aromatic heterocycles. The third-order valence-electron chi connectivity index (χ3n) is 4.01. The standard InChI is InChI=1S/C18H11Cl2N5O4S2/c19-10-1-3-13-12(7-10)17(26)25(9-22-13)15-5-2-11(8-21-15)23-18(27)24-31(28,29)16-6-4-14(20)30-16/h1-9H,(H2,23,24,27). The van der Waals surface area contributed by atoms with E-state index in [4.69, 9.17) is 23.2 Å². The van der Waals surface area contributed by atoms with Crippen molar-refractivity contribution in [2.45, 2.75) is 4.21 Å². The van der Waals surface area contributed by atoms with Gasteiger partial charge in [0, 0.05) is 5.02 Å². The molecule has 2 amide bonds. The Bertz CT molecular complexity index is 1470. The summed E-state index contributed by atoms with van der Waals surface area (Å²) >= 11 is 12.5. The van der Waals surface area contributed by atoms with E-state index in [2.05, 4.69) is 15.3 Å². The summed E-state index contributed by atoms with van der Waals surface area (Å²) in [4.78, 5) is 33.1. The van der Waals surface area contributed by atoms with Crippen molar-refractivity contribution in [3.05, 3.63) is 74.7 Å². The number of carbonyl (C=O) groups is 1. The predicted octanol–water partition coefficient (Wildman–Crippen LogP) is 3.66. The van der Waals surface area contributed by atoms with Crippen LogP contribution in [0.2, 0.25) is 9.36 Å². The number of anilines is 1. The molecule has 0 spiro atoms. The quantitative estimate of drug-likeness (QED) is 0.445. The lowest BCUT2D eigenvalue weighted by molar-refractivity contribution is 0.256. The number of hydrogen-bond acceptors (Lipinski definition) is 7. The molecule has 1 aromatic carbocycles. The molecule has 4 aromatic rings. The Morgan fingerprint density at radius 2 is 1.87 bits per heavy atom. The third-order valence-corrected chi connectivity index (χ3v) is 7.30. The van der Waals surface area contributed by atoms with Crippen molar-refractivity contribution in [2.75, 3.05) is 5.32 Å². The molecule has 3 heterocycles. The van der Waals surface area contributed by atoms with Crippen LogP contribution in [-0.2, 0) is 10.0 Å². The number of sulfonamides is 1. The van der Waals surface area contributed by atoms with Crippen LogP contribution in [0.15, 0.2) is 64.0 Å². The Balaban J connectivity index is 1.52. The van der Waals surface area contributed by atoms with E-state index in [-0.39, 0.29) is 25.6 Å². The number of benzene rings is 1. The summed E-state index contributed by atoms with van der Waals surface area (Å²) in [5.41, 5.74) is 0.346. The van der Waals surface area contributed by atoms with Gasteiger partial charge in [-0.3, -0.25) is 9.36 Å². The number of pyridine rings is 1. The Morgan fingerprint density at radius 1 is 1.06 bits per heavy atom. The fraction of sp³-hybridized carbons (Fsp3) is 0. The Hall–Kier alpha value is -2.99. The number of hydrogen-bond donors (Lipinski definition) is 2. The van der Waals surface area contributed by atoms with Crippen LogP contribution in [0.1, 0.15) is 0 Å². The van der Waals surface area contributed by atoms with Gasteiger partial charge < -0.3 is 5.32 Å². The molecule has 158 valence electrons. The molecule has 0 aliphatic carbocycles. The van der Waals surface area contributed by atoms with Gasteiger partial charge in [0.25, 0.3) is 15.6 Å². The number of halogens is 2. The molecule has 31 heavy (non-hydrogen) atoms. The second kappa shape index (κ2) is 8.27. The van der Waals surface area contributed by atoms with Gasteiger partial charge in [0.15, 0.2) is 0 Å². The fourth-order valence-corrected chi connectivity index (χ4v) is 5.19. The second-order valence-electron chi connectivity index (χ2n) is 6.10. The summed E-state index contributed by atoms with van der Waals surface area (Å²) in [6.07, 6.45) is 2.61. The molecule has 9 nitrogen and oxygen atoms in total. The first-order chi connectivity index (χ1) is 14.7. The summed E-state index contributed by atoms with van der Waals surface area (Å²) in [6, 6.07) is 9.47. The lowest BCUT2D eigenvalue weighted by Crippen LogP contribution is -2.34. The monoisotopic (exact) mass is 495 g/mol. The topological polar surface area (TPSA) is 123 Å². The Kier molecular flexibility index (Phi) is 5.67. The molecule has 0 radical (unpaired) electrons. The van der Waals surface area contributed by atoms with E-state index in [9.17, 15) is 18.0 Å². The fourth-order valence-electron chi connectivity index (χ4n) is 2.63. The van der Waals surface area contributed by atoms with Crippen LogP contribution in [0.25, 0.3) is 16.7 Å². The number of amides is 2. The van der Waals surface area contributed by atoms with Gasteiger partial charge in [0.05, 0.1) is 27.1 Å². The van der Waals surface area contributed by atoms with Crippen molar-refractivity contribution >= 4 is 67.2 Å². The summed E-state index contributed by atoms with van der Waals surface area (Å²) in [5.74, 6) is 0.256. The number of fused-ring (bicyclic) bond motifs is 1. The molecule has 0 aliphatic heterocycles. The molecular weight excluding hydrogens is 485 g/mol. The Labute approximate surface area is 189 Å². The van der Waals surface area contributed by atoms with Crippen LogP contribution >= 0.6 is 34.5 Å². The van der Waals surface area contributed by atoms with Gasteiger partial charge in [-0.15, -0.1) is 11.3 Å². The van der Waals surface area contributed by atoms with E-state index in [1.54, 1.807) is 12.1 Å². The van der Waals surface area contributed by atoms with Gasteiger partial charge in [0.1, 0.15) is 16.4 Å². The molecule has 0 saturated heterocycles. The van der Waals surface area contributed by atoms with E-state index in [0.29, 0.717) is 15.9 Å². The maximum absolute atomic E-state index is 12.7. The molecule has 0 unspecified atom stereocenters. The summed E-state index contributed by atoms with van der Waals surface area (Å²) in [5, 5.41) is 3.10. The van der Waals surface area contributed by atoms with E-state index in [1.807, 2.05) is 4.72 Å². The van der Waals surface area contributed by atoms with Crippen LogP contribution in [0.3, 0.4) is 0 Å². The highest BCUT2D eigenvalue weighted by Gasteiger charge is 2.20. The van der Waals surface area contributed by atoms with Crippen LogP contribution in [0.5, 0.6) is 0 Å². The minimum atomic E-state index is -4.05. The molecule has 0 atom stereocenters. The predicted molar refractivity (Wildman–Crippen MR) is 119 cm³/mol. The van der Waals surface area contributed by atoms with E-state index in [1.165, 1.54) is 47.4 Å². The highest BCUT2D eigenvalue weighted by molar-refractivity contribution is 7.92. The highest BCUT2D eigenvalue weighted by Crippen LogP contribution is 2.25. The summed E-state index contributed by atoms with van der Waals surface area (Å²) < 4.78 is 27.6. The number of carbonyl (C=O) groups excluding carboxylic acids is 1. The number of nitrogens with zero attached hydrogens (tertiary/aromatic N) is 3. The molecule has 4 rings (SSSR count). The maximum atomic E-state index is 12.7. The largest absolute Gasteiger partial charge is 0.333 e. The lowest BCUT2D eigenvalue weighted by Gasteiger charge is -2.09. The van der Waals surface area contributed by atoms with Gasteiger partial charge in [-0.2, -0.15) is 0 Å². The van der Waals surface area contributed by atoms with Crippen LogP contribution in [0, 0.1) is 0 Å². The van der Waals surface area contributed by atoms with Gasteiger partial charge in [0.2, 0.25) is 0 Å². The minimum Gasteiger partial charge on any atom is -0.306 e. The average molecular weight is 496 g/mol. The second-order valence-corrected chi connectivity index (χ2v) is 10.2. The van der Waals surface area contributed by atoms with Crippen LogP contribution in [-0.4, -0.2) is 29.0 Å². The number of aromatic nitrogens is 3. The number of thiophene rings is 1. The van der Waals surface area contributed by atoms with Gasteiger partial charge >= 0.3 is 6.03 Å². The van der Waals surface area contributed by atoms with Crippen LogP contribution < -0.4 is 15.6 Å². The molecule has 13 heteroatoms. The van der Waals surface area contributed by atoms with Crippen molar-refractivity contribution in [2.24, 2.45) is 0 Å². The van der Waals surface area contributed by atoms with E-state index >= 15 is 0 Å². The van der Waals surface area contributed by atoms with Crippen molar-refractivity contribution in [1.29, 1.82) is 0 Å². The number of rotatable bonds is 4. The SMILES string of the molecule is O=C(Nc1ccc(-n2cnc3ccc(Cl)cc3c2=O)nc1)NS(=O)(=O)c1ccc(Cl)s1. The molecule has 0 bridgehead atoms. The van der Waals surface area contributed by atoms with Gasteiger partial charge in [-0.05, 0) is 42.5 Å². The van der Waals surface area contributed by atoms with E-state index in [0.717, 1.165) is 11.3 Å². The minimum absolute atomic E-state index is 0.0931.